The van der Waals surface area contributed by atoms with Crippen LogP contribution in [0, 0.1) is 5.92 Å². The highest BCUT2D eigenvalue weighted by Gasteiger charge is 2.32. The van der Waals surface area contributed by atoms with Gasteiger partial charge in [0.1, 0.15) is 0 Å². The molecule has 0 aliphatic heterocycles. The van der Waals surface area contributed by atoms with Gasteiger partial charge in [0, 0.05) is 13.1 Å². The molecule has 3 unspecified atom stereocenters. The van der Waals surface area contributed by atoms with Gasteiger partial charge in [-0.25, -0.2) is 4.79 Å². The third-order valence-corrected chi connectivity index (χ3v) is 3.12. The fraction of sp³-hybridized carbons (Fsp3) is 0.909. The number of methoxy groups -OCH3 is 1. The highest BCUT2D eigenvalue weighted by Crippen LogP contribution is 2.24. The van der Waals surface area contributed by atoms with E-state index in [0.717, 1.165) is 19.3 Å². The lowest BCUT2D eigenvalue weighted by molar-refractivity contribution is -0.159. The molecule has 0 saturated heterocycles. The first kappa shape index (κ1) is 13.4. The molecular formula is C11H21NO4. The molecule has 5 heteroatoms. The summed E-state index contributed by atoms with van der Waals surface area (Å²) in [6.07, 6.45) is 2.63. The second-order valence-corrected chi connectivity index (χ2v) is 4.65. The van der Waals surface area contributed by atoms with E-state index in [9.17, 15) is 15.0 Å². The zero-order valence-electron chi connectivity index (χ0n) is 9.90. The minimum atomic E-state index is -1.50. The Kier molecular flexibility index (Phi) is 4.70. The minimum absolute atomic E-state index is 0.142. The van der Waals surface area contributed by atoms with Crippen molar-refractivity contribution >= 4 is 5.97 Å². The molecule has 0 amide bonds. The van der Waals surface area contributed by atoms with Gasteiger partial charge < -0.3 is 20.3 Å². The van der Waals surface area contributed by atoms with Crippen LogP contribution in [0.2, 0.25) is 0 Å². The van der Waals surface area contributed by atoms with Crippen molar-refractivity contribution in [3.8, 4) is 0 Å². The summed E-state index contributed by atoms with van der Waals surface area (Å²) in [7, 11) is 1.25. The fourth-order valence-corrected chi connectivity index (χ4v) is 2.05. The van der Waals surface area contributed by atoms with Crippen LogP contribution in [0.25, 0.3) is 0 Å². The molecular weight excluding hydrogens is 210 g/mol. The maximum Gasteiger partial charge on any atom is 0.338 e. The van der Waals surface area contributed by atoms with Crippen molar-refractivity contribution in [2.45, 2.75) is 37.9 Å². The average Bonchev–Trinajstić information content (AvgIpc) is 2.63. The third kappa shape index (κ3) is 3.43. The van der Waals surface area contributed by atoms with Crippen molar-refractivity contribution < 1.29 is 19.7 Å². The van der Waals surface area contributed by atoms with E-state index in [4.69, 9.17) is 0 Å². The highest BCUT2D eigenvalue weighted by atomic mass is 16.5. The van der Waals surface area contributed by atoms with Crippen LogP contribution in [0.15, 0.2) is 0 Å². The molecule has 1 aliphatic carbocycles. The number of nitrogens with one attached hydrogen (secondary N) is 1. The zero-order chi connectivity index (χ0) is 12.2. The van der Waals surface area contributed by atoms with E-state index < -0.39 is 11.6 Å². The summed E-state index contributed by atoms with van der Waals surface area (Å²) >= 11 is 0. The highest BCUT2D eigenvalue weighted by molar-refractivity contribution is 5.78. The van der Waals surface area contributed by atoms with Gasteiger partial charge in [0.2, 0.25) is 0 Å². The smallest absolute Gasteiger partial charge is 0.338 e. The van der Waals surface area contributed by atoms with Crippen molar-refractivity contribution in [1.82, 2.24) is 5.32 Å². The van der Waals surface area contributed by atoms with Gasteiger partial charge in [0.05, 0.1) is 13.2 Å². The molecule has 3 atom stereocenters. The molecule has 94 valence electrons. The molecule has 1 saturated carbocycles. The van der Waals surface area contributed by atoms with Crippen LogP contribution in [0.4, 0.5) is 0 Å². The predicted octanol–water partition coefficient (Wildman–Crippen LogP) is -0.339. The second-order valence-electron chi connectivity index (χ2n) is 4.65. The van der Waals surface area contributed by atoms with E-state index in [0.29, 0.717) is 6.54 Å². The number of carbonyl (C=O) groups is 1. The van der Waals surface area contributed by atoms with Crippen LogP contribution in [-0.4, -0.2) is 48.1 Å². The summed E-state index contributed by atoms with van der Waals surface area (Å²) in [5, 5.41) is 22.3. The van der Waals surface area contributed by atoms with Gasteiger partial charge in [0.15, 0.2) is 5.60 Å². The molecule has 0 radical (unpaired) electrons. The van der Waals surface area contributed by atoms with Gasteiger partial charge in [-0.05, 0) is 25.7 Å². The van der Waals surface area contributed by atoms with E-state index in [2.05, 4.69) is 10.1 Å². The maximum atomic E-state index is 11.2. The molecule has 16 heavy (non-hydrogen) atoms. The molecule has 1 rings (SSSR count). The van der Waals surface area contributed by atoms with Gasteiger partial charge in [-0.15, -0.1) is 0 Å². The molecule has 5 nitrogen and oxygen atoms in total. The number of aliphatic hydroxyl groups is 2. The Labute approximate surface area is 95.8 Å². The number of rotatable bonds is 5. The van der Waals surface area contributed by atoms with Crippen molar-refractivity contribution in [2.75, 3.05) is 20.2 Å². The van der Waals surface area contributed by atoms with Crippen LogP contribution in [-0.2, 0) is 9.53 Å². The third-order valence-electron chi connectivity index (χ3n) is 3.12. The Morgan fingerprint density at radius 3 is 2.75 bits per heavy atom. The van der Waals surface area contributed by atoms with Crippen LogP contribution in [0.5, 0.6) is 0 Å². The molecule has 0 aromatic heterocycles. The largest absolute Gasteiger partial charge is 0.467 e. The number of aliphatic hydroxyl groups excluding tert-OH is 1. The predicted molar refractivity (Wildman–Crippen MR) is 58.9 cm³/mol. The lowest BCUT2D eigenvalue weighted by Gasteiger charge is -2.22. The molecule has 1 aliphatic rings. The summed E-state index contributed by atoms with van der Waals surface area (Å²) < 4.78 is 4.48. The number of esters is 1. The second kappa shape index (κ2) is 5.61. The molecule has 1 fully saturated rings. The van der Waals surface area contributed by atoms with Gasteiger partial charge in [-0.2, -0.15) is 0 Å². The molecule has 0 bridgehead atoms. The number of carbonyl (C=O) groups excluding carboxylic acids is 1. The Bertz CT molecular complexity index is 242. The van der Waals surface area contributed by atoms with Gasteiger partial charge >= 0.3 is 5.97 Å². The van der Waals surface area contributed by atoms with E-state index in [1.807, 2.05) is 0 Å². The SMILES string of the molecule is COC(=O)C(C)(O)CNCC1CCCC1O. The fourth-order valence-electron chi connectivity index (χ4n) is 2.05. The lowest BCUT2D eigenvalue weighted by Crippen LogP contribution is -2.47. The van der Waals surface area contributed by atoms with E-state index in [1.165, 1.54) is 14.0 Å². The number of ether oxygens (including phenoxy) is 1. The first-order chi connectivity index (χ1) is 7.47. The molecule has 0 aromatic rings. The van der Waals surface area contributed by atoms with Crippen molar-refractivity contribution in [2.24, 2.45) is 5.92 Å². The molecule has 0 spiro atoms. The molecule has 0 aromatic carbocycles. The molecule has 0 heterocycles. The summed E-state index contributed by atoms with van der Waals surface area (Å²) in [6.45, 7) is 2.17. The summed E-state index contributed by atoms with van der Waals surface area (Å²) in [4.78, 5) is 11.2. The number of hydrogen-bond donors (Lipinski definition) is 3. The van der Waals surface area contributed by atoms with Crippen LogP contribution in [0.1, 0.15) is 26.2 Å². The van der Waals surface area contributed by atoms with Crippen molar-refractivity contribution in [1.29, 1.82) is 0 Å². The average molecular weight is 231 g/mol. The number of hydrogen-bond acceptors (Lipinski definition) is 5. The van der Waals surface area contributed by atoms with Crippen molar-refractivity contribution in [3.05, 3.63) is 0 Å². The Hall–Kier alpha value is -0.650. The monoisotopic (exact) mass is 231 g/mol. The van der Waals surface area contributed by atoms with Gasteiger partial charge in [0.25, 0.3) is 0 Å². The Balaban J connectivity index is 2.26. The standard InChI is InChI=1S/C11H21NO4/c1-11(15,10(14)16-2)7-12-6-8-4-3-5-9(8)13/h8-9,12-13,15H,3-7H2,1-2H3. The van der Waals surface area contributed by atoms with Gasteiger partial charge in [-0.3, -0.25) is 0 Å². The minimum Gasteiger partial charge on any atom is -0.467 e. The normalized spacial score (nSPS) is 28.8. The lowest BCUT2D eigenvalue weighted by atomic mass is 10.0. The Morgan fingerprint density at radius 1 is 1.56 bits per heavy atom. The summed E-state index contributed by atoms with van der Waals surface area (Å²) in [5.41, 5.74) is -1.50. The topological polar surface area (TPSA) is 78.8 Å². The van der Waals surface area contributed by atoms with Crippen molar-refractivity contribution in [3.63, 3.8) is 0 Å². The maximum absolute atomic E-state index is 11.2. The first-order valence-electron chi connectivity index (χ1n) is 5.67. The quantitative estimate of drug-likeness (QED) is 0.564. The zero-order valence-corrected chi connectivity index (χ0v) is 9.90. The van der Waals surface area contributed by atoms with Crippen LogP contribution in [0.3, 0.4) is 0 Å². The Morgan fingerprint density at radius 2 is 2.25 bits per heavy atom. The summed E-state index contributed by atoms with van der Waals surface area (Å²) in [5.74, 6) is -0.416. The van der Waals surface area contributed by atoms with Crippen LogP contribution < -0.4 is 5.32 Å². The van der Waals surface area contributed by atoms with E-state index in [1.54, 1.807) is 0 Å². The van der Waals surface area contributed by atoms with E-state index >= 15 is 0 Å². The first-order valence-corrected chi connectivity index (χ1v) is 5.67. The molecule has 3 N–H and O–H groups in total. The summed E-state index contributed by atoms with van der Waals surface area (Å²) in [6, 6.07) is 0. The van der Waals surface area contributed by atoms with E-state index in [-0.39, 0.29) is 18.6 Å². The van der Waals surface area contributed by atoms with Crippen LogP contribution >= 0.6 is 0 Å². The van der Waals surface area contributed by atoms with Gasteiger partial charge in [-0.1, -0.05) is 6.42 Å².